The van der Waals surface area contributed by atoms with Gasteiger partial charge in [-0.05, 0) is 49.8 Å². The van der Waals surface area contributed by atoms with E-state index in [2.05, 4.69) is 18.9 Å². The highest BCUT2D eigenvalue weighted by Crippen LogP contribution is 2.34. The number of thiocarbonyl (C=S) groups is 1. The number of hydrogen-bond acceptors (Lipinski definition) is 2. The lowest BCUT2D eigenvalue weighted by atomic mass is 9.84. The van der Waals surface area contributed by atoms with Crippen molar-refractivity contribution in [1.29, 1.82) is 0 Å². The normalized spacial score (nSPS) is 22.6. The van der Waals surface area contributed by atoms with Crippen LogP contribution in [-0.2, 0) is 0 Å². The molecule has 0 saturated heterocycles. The molecular weight excluding hydrogens is 288 g/mol. The molecule has 0 aliphatic heterocycles. The van der Waals surface area contributed by atoms with Crippen LogP contribution in [0.5, 0.6) is 0 Å². The van der Waals surface area contributed by atoms with Crippen molar-refractivity contribution in [2.24, 2.45) is 11.7 Å². The molecule has 2 nitrogen and oxygen atoms in total. The molecule has 0 spiro atoms. The molecule has 0 amide bonds. The maximum atomic E-state index is 6.39. The number of benzene rings is 1. The number of halogens is 1. The van der Waals surface area contributed by atoms with Crippen molar-refractivity contribution in [3.63, 3.8) is 0 Å². The van der Waals surface area contributed by atoms with E-state index < -0.39 is 0 Å². The van der Waals surface area contributed by atoms with Gasteiger partial charge in [-0.15, -0.1) is 0 Å². The van der Waals surface area contributed by atoms with E-state index in [1.165, 1.54) is 32.1 Å². The minimum Gasteiger partial charge on any atom is -0.389 e. The van der Waals surface area contributed by atoms with Crippen molar-refractivity contribution < 1.29 is 0 Å². The highest BCUT2D eigenvalue weighted by Gasteiger charge is 2.24. The predicted octanol–water partition coefficient (Wildman–Crippen LogP) is 4.38. The number of nitrogens with zero attached hydrogens (tertiary/aromatic N) is 1. The van der Waals surface area contributed by atoms with E-state index in [0.717, 1.165) is 22.2 Å². The van der Waals surface area contributed by atoms with Gasteiger partial charge in [0.15, 0.2) is 0 Å². The summed E-state index contributed by atoms with van der Waals surface area (Å²) in [6.45, 7) is 2.29. The van der Waals surface area contributed by atoms with Crippen LogP contribution in [0.15, 0.2) is 18.2 Å². The van der Waals surface area contributed by atoms with Crippen molar-refractivity contribution >= 4 is 34.5 Å². The Bertz CT molecular complexity index is 481. The Morgan fingerprint density at radius 2 is 2.00 bits per heavy atom. The third-order valence-corrected chi connectivity index (χ3v) is 5.09. The molecule has 0 heterocycles. The second kappa shape index (κ2) is 6.77. The van der Waals surface area contributed by atoms with Crippen LogP contribution in [0.25, 0.3) is 0 Å². The third-order valence-electron chi connectivity index (χ3n) is 4.55. The van der Waals surface area contributed by atoms with Gasteiger partial charge in [0.25, 0.3) is 0 Å². The van der Waals surface area contributed by atoms with E-state index >= 15 is 0 Å². The van der Waals surface area contributed by atoms with E-state index in [0.29, 0.717) is 11.0 Å². The summed E-state index contributed by atoms with van der Waals surface area (Å²) in [5, 5.41) is 0.732. The van der Waals surface area contributed by atoms with Crippen LogP contribution in [0.1, 0.15) is 44.6 Å². The Balaban J connectivity index is 2.09. The summed E-state index contributed by atoms with van der Waals surface area (Å²) in [4.78, 5) is 2.71. The Labute approximate surface area is 132 Å². The van der Waals surface area contributed by atoms with Gasteiger partial charge in [-0.3, -0.25) is 0 Å². The molecule has 0 bridgehead atoms. The van der Waals surface area contributed by atoms with Gasteiger partial charge >= 0.3 is 0 Å². The zero-order chi connectivity index (χ0) is 14.7. The Hall–Kier alpha value is -0.800. The van der Waals surface area contributed by atoms with Gasteiger partial charge in [0.05, 0.1) is 10.7 Å². The van der Waals surface area contributed by atoms with E-state index in [4.69, 9.17) is 29.6 Å². The highest BCUT2D eigenvalue weighted by atomic mass is 35.5. The number of hydrogen-bond donors (Lipinski definition) is 1. The van der Waals surface area contributed by atoms with Gasteiger partial charge in [0, 0.05) is 18.7 Å². The Kier molecular flexibility index (Phi) is 5.28. The smallest absolute Gasteiger partial charge is 0.104 e. The highest BCUT2D eigenvalue weighted by molar-refractivity contribution is 7.80. The second-order valence-electron chi connectivity index (χ2n) is 5.72. The van der Waals surface area contributed by atoms with Crippen LogP contribution in [0.2, 0.25) is 5.02 Å². The summed E-state index contributed by atoms with van der Waals surface area (Å²) in [6.07, 6.45) is 6.47. The van der Waals surface area contributed by atoms with Crippen molar-refractivity contribution in [2.45, 2.75) is 45.1 Å². The average Bonchev–Trinajstić information content (AvgIpc) is 2.46. The fourth-order valence-electron chi connectivity index (χ4n) is 3.08. The van der Waals surface area contributed by atoms with Crippen LogP contribution < -0.4 is 10.6 Å². The van der Waals surface area contributed by atoms with Gasteiger partial charge in [0.1, 0.15) is 4.99 Å². The van der Waals surface area contributed by atoms with Crippen LogP contribution in [0.3, 0.4) is 0 Å². The fourth-order valence-corrected chi connectivity index (χ4v) is 3.52. The molecule has 1 aliphatic carbocycles. The summed E-state index contributed by atoms with van der Waals surface area (Å²) in [6, 6.07) is 6.44. The van der Waals surface area contributed by atoms with Crippen LogP contribution in [-0.4, -0.2) is 18.1 Å². The van der Waals surface area contributed by atoms with Crippen LogP contribution >= 0.6 is 23.8 Å². The fraction of sp³-hybridized carbons (Fsp3) is 0.562. The average molecular weight is 311 g/mol. The molecule has 2 rings (SSSR count). The molecule has 4 heteroatoms. The molecule has 0 unspecified atom stereocenters. The summed E-state index contributed by atoms with van der Waals surface area (Å²) in [5.41, 5.74) is 7.55. The topological polar surface area (TPSA) is 29.3 Å². The lowest BCUT2D eigenvalue weighted by molar-refractivity contribution is 0.313. The zero-order valence-electron chi connectivity index (χ0n) is 12.2. The molecule has 0 aromatic heterocycles. The maximum Gasteiger partial charge on any atom is 0.104 e. The Morgan fingerprint density at radius 3 is 2.50 bits per heavy atom. The van der Waals surface area contributed by atoms with Crippen molar-refractivity contribution in [1.82, 2.24) is 0 Å². The monoisotopic (exact) mass is 310 g/mol. The van der Waals surface area contributed by atoms with Crippen molar-refractivity contribution in [3.8, 4) is 0 Å². The first kappa shape index (κ1) is 15.6. The molecular formula is C16H23ClN2S. The van der Waals surface area contributed by atoms with Crippen LogP contribution in [0, 0.1) is 5.92 Å². The molecule has 2 N–H and O–H groups in total. The lowest BCUT2D eigenvalue weighted by Crippen LogP contribution is -2.35. The first-order chi connectivity index (χ1) is 9.52. The first-order valence-electron chi connectivity index (χ1n) is 7.35. The molecule has 0 radical (unpaired) electrons. The molecule has 1 aromatic rings. The van der Waals surface area contributed by atoms with Crippen molar-refractivity contribution in [3.05, 3.63) is 28.8 Å². The summed E-state index contributed by atoms with van der Waals surface area (Å²) >= 11 is 11.4. The predicted molar refractivity (Wildman–Crippen MR) is 91.8 cm³/mol. The largest absolute Gasteiger partial charge is 0.389 e. The number of rotatable bonds is 4. The summed E-state index contributed by atoms with van der Waals surface area (Å²) < 4.78 is 0. The maximum absolute atomic E-state index is 6.39. The molecule has 1 aromatic carbocycles. The van der Waals surface area contributed by atoms with Gasteiger partial charge in [0.2, 0.25) is 0 Å². The first-order valence-corrected chi connectivity index (χ1v) is 8.13. The number of nitrogens with two attached hydrogens (primary N) is 1. The second-order valence-corrected chi connectivity index (χ2v) is 6.57. The lowest BCUT2D eigenvalue weighted by Gasteiger charge is -2.36. The molecule has 110 valence electrons. The Morgan fingerprint density at radius 1 is 1.35 bits per heavy atom. The summed E-state index contributed by atoms with van der Waals surface area (Å²) in [7, 11) is 2.14. The SMILES string of the molecule is CCC1CCC(N(C)c2ccc(C(N)=S)cc2Cl)CC1. The van der Waals surface area contributed by atoms with Gasteiger partial charge in [-0.1, -0.05) is 37.2 Å². The molecule has 1 saturated carbocycles. The quantitative estimate of drug-likeness (QED) is 0.837. The van der Waals surface area contributed by atoms with Crippen molar-refractivity contribution in [2.75, 3.05) is 11.9 Å². The molecule has 1 fully saturated rings. The van der Waals surface area contributed by atoms with Gasteiger partial charge in [-0.25, -0.2) is 0 Å². The van der Waals surface area contributed by atoms with Gasteiger partial charge in [-0.2, -0.15) is 0 Å². The van der Waals surface area contributed by atoms with E-state index in [-0.39, 0.29) is 0 Å². The van der Waals surface area contributed by atoms with E-state index in [1.54, 1.807) is 0 Å². The van der Waals surface area contributed by atoms with E-state index in [1.807, 2.05) is 18.2 Å². The summed E-state index contributed by atoms with van der Waals surface area (Å²) in [5.74, 6) is 0.909. The van der Waals surface area contributed by atoms with Crippen LogP contribution in [0.4, 0.5) is 5.69 Å². The molecule has 20 heavy (non-hydrogen) atoms. The minimum atomic E-state index is 0.393. The zero-order valence-corrected chi connectivity index (χ0v) is 13.8. The number of anilines is 1. The van der Waals surface area contributed by atoms with E-state index in [9.17, 15) is 0 Å². The molecule has 0 atom stereocenters. The molecule has 1 aliphatic rings. The third kappa shape index (κ3) is 3.44. The van der Waals surface area contributed by atoms with Gasteiger partial charge < -0.3 is 10.6 Å². The standard InChI is InChI=1S/C16H23ClN2S/c1-3-11-4-7-13(8-5-11)19(2)15-9-6-12(16(18)20)10-14(15)17/h6,9-11,13H,3-5,7-8H2,1-2H3,(H2,18,20). The minimum absolute atomic E-state index is 0.393.